The molecule has 0 unspecified atom stereocenters. The van der Waals surface area contributed by atoms with Gasteiger partial charge in [-0.3, -0.25) is 15.1 Å². The SMILES string of the molecule is CN(C)Cc1cncc(-c2cnc3[nH]nc(-c4nc5c(-c6cc(F)cc(CNS(C)(=O)=O)c6)nccc5[nH]4)c3c2F)c1. The summed E-state index contributed by atoms with van der Waals surface area (Å²) in [4.78, 5) is 22.9. The molecule has 0 radical (unpaired) electrons. The molecule has 0 fully saturated rings. The summed E-state index contributed by atoms with van der Waals surface area (Å²) in [5, 5.41) is 7.22. The van der Waals surface area contributed by atoms with Crippen LogP contribution in [0.15, 0.2) is 55.1 Å². The van der Waals surface area contributed by atoms with Crippen molar-refractivity contribution < 1.29 is 17.2 Å². The number of fused-ring (bicyclic) bond motifs is 2. The van der Waals surface area contributed by atoms with Gasteiger partial charge in [0, 0.05) is 54.6 Å². The number of aromatic nitrogens is 7. The normalized spacial score (nSPS) is 12.1. The Morgan fingerprint density at radius 3 is 2.57 bits per heavy atom. The van der Waals surface area contributed by atoms with Gasteiger partial charge in [0.2, 0.25) is 10.0 Å². The van der Waals surface area contributed by atoms with Crippen LogP contribution in [-0.4, -0.2) is 68.8 Å². The van der Waals surface area contributed by atoms with Crippen LogP contribution in [0.4, 0.5) is 8.78 Å². The number of nitrogens with one attached hydrogen (secondary N) is 3. The molecular weight excluding hydrogens is 564 g/mol. The van der Waals surface area contributed by atoms with Crippen LogP contribution in [0.5, 0.6) is 0 Å². The molecule has 0 aliphatic rings. The number of benzene rings is 1. The Balaban J connectivity index is 1.43. The molecule has 3 N–H and O–H groups in total. The van der Waals surface area contributed by atoms with Crippen LogP contribution in [0.2, 0.25) is 0 Å². The summed E-state index contributed by atoms with van der Waals surface area (Å²) in [6.45, 7) is 0.554. The van der Waals surface area contributed by atoms with Crippen molar-refractivity contribution in [2.24, 2.45) is 0 Å². The van der Waals surface area contributed by atoms with Gasteiger partial charge in [0.05, 0.1) is 22.9 Å². The summed E-state index contributed by atoms with van der Waals surface area (Å²) >= 11 is 0. The highest BCUT2D eigenvalue weighted by atomic mass is 32.2. The maximum atomic E-state index is 16.1. The number of sulfonamides is 1. The molecule has 0 amide bonds. The third-order valence-corrected chi connectivity index (χ3v) is 7.19. The van der Waals surface area contributed by atoms with Crippen molar-refractivity contribution in [3.8, 4) is 33.9 Å². The predicted octanol–water partition coefficient (Wildman–Crippen LogP) is 4.01. The number of imidazole rings is 1. The van der Waals surface area contributed by atoms with Crippen LogP contribution in [-0.2, 0) is 23.1 Å². The van der Waals surface area contributed by atoms with Crippen LogP contribution >= 0.6 is 0 Å². The molecule has 0 atom stereocenters. The smallest absolute Gasteiger partial charge is 0.209 e. The molecule has 0 saturated carbocycles. The first-order valence-electron chi connectivity index (χ1n) is 12.8. The summed E-state index contributed by atoms with van der Waals surface area (Å²) in [6.07, 6.45) is 7.33. The summed E-state index contributed by atoms with van der Waals surface area (Å²) < 4.78 is 56.1. The number of hydrogen-bond acceptors (Lipinski definition) is 8. The van der Waals surface area contributed by atoms with Crippen molar-refractivity contribution in [2.45, 2.75) is 13.1 Å². The van der Waals surface area contributed by atoms with Crippen LogP contribution in [0.1, 0.15) is 11.1 Å². The van der Waals surface area contributed by atoms with Gasteiger partial charge >= 0.3 is 0 Å². The second-order valence-corrected chi connectivity index (χ2v) is 12.0. The minimum atomic E-state index is -3.48. The quantitative estimate of drug-likeness (QED) is 0.241. The van der Waals surface area contributed by atoms with E-state index in [4.69, 9.17) is 0 Å². The summed E-state index contributed by atoms with van der Waals surface area (Å²) in [7, 11) is 0.407. The number of rotatable bonds is 8. The van der Waals surface area contributed by atoms with Crippen molar-refractivity contribution in [1.29, 1.82) is 0 Å². The molecule has 0 aliphatic carbocycles. The third-order valence-electron chi connectivity index (χ3n) is 6.53. The van der Waals surface area contributed by atoms with Crippen molar-refractivity contribution in [1.82, 2.24) is 44.7 Å². The van der Waals surface area contributed by atoms with Crippen LogP contribution in [0.25, 0.3) is 56.0 Å². The second-order valence-electron chi connectivity index (χ2n) is 10.2. The van der Waals surface area contributed by atoms with Gasteiger partial charge in [-0.05, 0) is 55.6 Å². The molecular formula is C28H25F2N9O2S. The molecule has 5 aromatic heterocycles. The van der Waals surface area contributed by atoms with E-state index >= 15 is 4.39 Å². The highest BCUT2D eigenvalue weighted by Gasteiger charge is 2.22. The van der Waals surface area contributed by atoms with Crippen LogP contribution in [0.3, 0.4) is 0 Å². The average Bonchev–Trinajstić information content (AvgIpc) is 3.56. The average molecular weight is 590 g/mol. The lowest BCUT2D eigenvalue weighted by atomic mass is 10.1. The van der Waals surface area contributed by atoms with Gasteiger partial charge in [-0.15, -0.1) is 0 Å². The Labute approximate surface area is 239 Å². The zero-order valence-electron chi connectivity index (χ0n) is 22.8. The van der Waals surface area contributed by atoms with E-state index in [9.17, 15) is 12.8 Å². The first kappa shape index (κ1) is 27.5. The molecule has 6 aromatic rings. The standard InChI is InChI=1S/C28H25F2N9O2S/c1-39(2)14-16-7-18(12-31-10-16)20-13-33-27-22(23(20)30)26(37-38-27)28-35-21-4-5-32-24(25(21)36-28)17-6-15(8-19(29)9-17)11-34-42(3,40)41/h4-10,12-13,34H,11,14H2,1-3H3,(H,35,36)(H,33,37,38). The molecule has 6 rings (SSSR count). The molecule has 0 aliphatic heterocycles. The second kappa shape index (κ2) is 10.6. The topological polar surface area (TPSA) is 145 Å². The zero-order valence-corrected chi connectivity index (χ0v) is 23.6. The lowest BCUT2D eigenvalue weighted by Gasteiger charge is -2.11. The molecule has 42 heavy (non-hydrogen) atoms. The highest BCUT2D eigenvalue weighted by molar-refractivity contribution is 7.88. The summed E-state index contributed by atoms with van der Waals surface area (Å²) in [6, 6.07) is 7.73. The van der Waals surface area contributed by atoms with E-state index in [2.05, 4.69) is 39.8 Å². The lowest BCUT2D eigenvalue weighted by molar-refractivity contribution is 0.402. The third kappa shape index (κ3) is 5.46. The number of halogens is 2. The van der Waals surface area contributed by atoms with Gasteiger partial charge in [0.15, 0.2) is 11.5 Å². The molecule has 1 aromatic carbocycles. The van der Waals surface area contributed by atoms with Gasteiger partial charge in [-0.25, -0.2) is 31.9 Å². The molecule has 5 heterocycles. The van der Waals surface area contributed by atoms with Gasteiger partial charge in [-0.2, -0.15) is 5.10 Å². The van der Waals surface area contributed by atoms with E-state index < -0.39 is 21.7 Å². The predicted molar refractivity (Wildman–Crippen MR) is 154 cm³/mol. The Morgan fingerprint density at radius 1 is 0.976 bits per heavy atom. The van der Waals surface area contributed by atoms with Crippen molar-refractivity contribution in [2.75, 3.05) is 20.4 Å². The Morgan fingerprint density at radius 2 is 1.79 bits per heavy atom. The maximum absolute atomic E-state index is 16.1. The molecule has 11 nitrogen and oxygen atoms in total. The largest absolute Gasteiger partial charge is 0.336 e. The van der Waals surface area contributed by atoms with Crippen molar-refractivity contribution in [3.05, 3.63) is 77.9 Å². The maximum Gasteiger partial charge on any atom is 0.209 e. The zero-order chi connectivity index (χ0) is 29.6. The van der Waals surface area contributed by atoms with E-state index in [0.717, 1.165) is 11.8 Å². The Bertz CT molecular complexity index is 2070. The number of nitrogens with zero attached hydrogens (tertiary/aromatic N) is 6. The van der Waals surface area contributed by atoms with E-state index in [1.54, 1.807) is 24.5 Å². The molecule has 214 valence electrons. The van der Waals surface area contributed by atoms with Crippen molar-refractivity contribution in [3.63, 3.8) is 0 Å². The lowest BCUT2D eigenvalue weighted by Crippen LogP contribution is -2.21. The first-order valence-corrected chi connectivity index (χ1v) is 14.7. The highest BCUT2D eigenvalue weighted by Crippen LogP contribution is 2.34. The van der Waals surface area contributed by atoms with E-state index in [1.807, 2.05) is 25.1 Å². The van der Waals surface area contributed by atoms with Gasteiger partial charge < -0.3 is 9.88 Å². The first-order chi connectivity index (χ1) is 20.1. The summed E-state index contributed by atoms with van der Waals surface area (Å²) in [5.41, 5.74) is 4.38. The van der Waals surface area contributed by atoms with E-state index in [1.165, 1.54) is 24.5 Å². The molecule has 0 saturated heterocycles. The Kier molecular flexibility index (Phi) is 6.96. The molecule has 0 spiro atoms. The monoisotopic (exact) mass is 589 g/mol. The minimum absolute atomic E-state index is 0.0904. The fourth-order valence-corrected chi connectivity index (χ4v) is 5.20. The summed E-state index contributed by atoms with van der Waals surface area (Å²) in [5.74, 6) is -0.826. The number of H-pyrrole nitrogens is 2. The van der Waals surface area contributed by atoms with E-state index in [-0.39, 0.29) is 34.7 Å². The molecule has 0 bridgehead atoms. The fraction of sp³-hybridized carbons (Fsp3) is 0.179. The molecule has 14 heteroatoms. The number of aromatic amines is 2. The van der Waals surface area contributed by atoms with Gasteiger partial charge in [-0.1, -0.05) is 0 Å². The van der Waals surface area contributed by atoms with Gasteiger partial charge in [0.25, 0.3) is 0 Å². The van der Waals surface area contributed by atoms with E-state index in [0.29, 0.717) is 40.0 Å². The number of pyridine rings is 3. The Hall–Kier alpha value is -4.66. The number of hydrogen-bond donors (Lipinski definition) is 3. The van der Waals surface area contributed by atoms with Crippen molar-refractivity contribution >= 4 is 32.1 Å². The minimum Gasteiger partial charge on any atom is -0.336 e. The fourth-order valence-electron chi connectivity index (χ4n) is 4.78. The van der Waals surface area contributed by atoms with Gasteiger partial charge in [0.1, 0.15) is 22.8 Å². The van der Waals surface area contributed by atoms with Crippen LogP contribution in [0, 0.1) is 11.6 Å². The van der Waals surface area contributed by atoms with Crippen LogP contribution < -0.4 is 4.72 Å².